The molecule has 4 nitrogen and oxygen atoms in total. The van der Waals surface area contributed by atoms with E-state index in [-0.39, 0.29) is 42.9 Å². The SMILES string of the molecule is O=C(O)[C@H]1CC[C@H](CNCc2ccc3c(C(F)F)c(OC4CCC(C(F)(F)F)CC4)ccc3c2)CC1. The van der Waals surface area contributed by atoms with Gasteiger partial charge in [-0.05, 0) is 92.3 Å². The number of benzene rings is 2. The van der Waals surface area contributed by atoms with Gasteiger partial charge in [0.25, 0.3) is 6.43 Å². The summed E-state index contributed by atoms with van der Waals surface area (Å²) in [6.45, 7) is 1.34. The molecule has 0 atom stereocenters. The highest BCUT2D eigenvalue weighted by Crippen LogP contribution is 2.41. The van der Waals surface area contributed by atoms with E-state index in [0.29, 0.717) is 36.1 Å². The number of hydrogen-bond acceptors (Lipinski definition) is 3. The maximum Gasteiger partial charge on any atom is 0.391 e. The molecule has 2 aliphatic carbocycles. The van der Waals surface area contributed by atoms with Crippen LogP contribution in [0.1, 0.15) is 68.9 Å². The summed E-state index contributed by atoms with van der Waals surface area (Å²) in [6, 6.07) is 8.51. The van der Waals surface area contributed by atoms with Gasteiger partial charge in [0.05, 0.1) is 23.5 Å². The molecule has 0 aliphatic heterocycles. The Balaban J connectivity index is 1.37. The number of nitrogens with one attached hydrogen (secondary N) is 1. The molecule has 198 valence electrons. The molecule has 2 aromatic carbocycles. The summed E-state index contributed by atoms with van der Waals surface area (Å²) in [4.78, 5) is 11.1. The van der Waals surface area contributed by atoms with Gasteiger partial charge in [0.1, 0.15) is 5.75 Å². The van der Waals surface area contributed by atoms with E-state index in [4.69, 9.17) is 9.84 Å². The minimum absolute atomic E-state index is 0.0378. The lowest BCUT2D eigenvalue weighted by Crippen LogP contribution is -2.32. The van der Waals surface area contributed by atoms with Gasteiger partial charge in [-0.3, -0.25) is 4.79 Å². The van der Waals surface area contributed by atoms with Crippen LogP contribution in [-0.4, -0.2) is 29.9 Å². The molecule has 0 heterocycles. The van der Waals surface area contributed by atoms with Gasteiger partial charge < -0.3 is 15.2 Å². The Kier molecular flexibility index (Phi) is 8.37. The average molecular weight is 514 g/mol. The molecule has 0 unspecified atom stereocenters. The van der Waals surface area contributed by atoms with Crippen LogP contribution in [0.25, 0.3) is 10.8 Å². The molecule has 0 spiro atoms. The second kappa shape index (κ2) is 11.3. The number of halogens is 5. The Morgan fingerprint density at radius 2 is 1.69 bits per heavy atom. The summed E-state index contributed by atoms with van der Waals surface area (Å²) in [5, 5.41) is 13.5. The summed E-state index contributed by atoms with van der Waals surface area (Å²) in [6.07, 6.45) is -4.10. The number of carboxylic acid groups (broad SMARTS) is 1. The number of rotatable bonds is 8. The second-order valence-electron chi connectivity index (χ2n) is 10.2. The summed E-state index contributed by atoms with van der Waals surface area (Å²) < 4.78 is 72.6. The number of carboxylic acids is 1. The van der Waals surface area contributed by atoms with Crippen LogP contribution in [0, 0.1) is 17.8 Å². The number of alkyl halides is 5. The van der Waals surface area contributed by atoms with Crippen molar-refractivity contribution in [2.45, 2.75) is 76.6 Å². The Morgan fingerprint density at radius 3 is 2.31 bits per heavy atom. The van der Waals surface area contributed by atoms with E-state index in [1.807, 2.05) is 6.07 Å². The molecular weight excluding hydrogens is 481 g/mol. The van der Waals surface area contributed by atoms with E-state index in [1.165, 1.54) is 6.07 Å². The summed E-state index contributed by atoms with van der Waals surface area (Å²) in [7, 11) is 0. The summed E-state index contributed by atoms with van der Waals surface area (Å²) in [5.41, 5.74) is 0.723. The Labute approximate surface area is 207 Å². The highest BCUT2D eigenvalue weighted by molar-refractivity contribution is 5.88. The smallest absolute Gasteiger partial charge is 0.391 e. The van der Waals surface area contributed by atoms with Crippen LogP contribution in [0.15, 0.2) is 30.3 Å². The van der Waals surface area contributed by atoms with Crippen molar-refractivity contribution in [3.8, 4) is 5.75 Å². The summed E-state index contributed by atoms with van der Waals surface area (Å²) in [5.74, 6) is -1.85. The van der Waals surface area contributed by atoms with Gasteiger partial charge in [-0.1, -0.05) is 18.2 Å². The molecule has 2 fully saturated rings. The molecule has 0 amide bonds. The first kappa shape index (κ1) is 26.6. The quantitative estimate of drug-likeness (QED) is 0.365. The van der Waals surface area contributed by atoms with Gasteiger partial charge in [-0.2, -0.15) is 13.2 Å². The molecule has 0 bridgehead atoms. The first-order chi connectivity index (χ1) is 17.1. The largest absolute Gasteiger partial charge is 0.490 e. The first-order valence-electron chi connectivity index (χ1n) is 12.6. The fourth-order valence-electron chi connectivity index (χ4n) is 5.54. The molecule has 9 heteroatoms. The Bertz CT molecular complexity index is 1040. The highest BCUT2D eigenvalue weighted by atomic mass is 19.4. The van der Waals surface area contributed by atoms with Crippen molar-refractivity contribution in [1.82, 2.24) is 5.32 Å². The van der Waals surface area contributed by atoms with Gasteiger partial charge in [0.15, 0.2) is 0 Å². The van der Waals surface area contributed by atoms with Crippen LogP contribution in [0.3, 0.4) is 0 Å². The number of ether oxygens (including phenoxy) is 1. The van der Waals surface area contributed by atoms with Gasteiger partial charge in [-0.25, -0.2) is 8.78 Å². The van der Waals surface area contributed by atoms with Crippen molar-refractivity contribution in [3.05, 3.63) is 41.5 Å². The predicted octanol–water partition coefficient (Wildman–Crippen LogP) is 7.26. The van der Waals surface area contributed by atoms with Crippen molar-refractivity contribution in [3.63, 3.8) is 0 Å². The van der Waals surface area contributed by atoms with E-state index in [0.717, 1.165) is 24.9 Å². The highest BCUT2D eigenvalue weighted by Gasteiger charge is 2.42. The molecule has 36 heavy (non-hydrogen) atoms. The number of carbonyl (C=O) groups is 1. The van der Waals surface area contributed by atoms with Crippen LogP contribution in [-0.2, 0) is 11.3 Å². The van der Waals surface area contributed by atoms with Crippen LogP contribution in [0.2, 0.25) is 0 Å². The predicted molar refractivity (Wildman–Crippen MR) is 126 cm³/mol. The third-order valence-electron chi connectivity index (χ3n) is 7.69. The minimum Gasteiger partial charge on any atom is -0.490 e. The fourth-order valence-corrected chi connectivity index (χ4v) is 5.54. The van der Waals surface area contributed by atoms with Gasteiger partial charge >= 0.3 is 12.1 Å². The zero-order valence-corrected chi connectivity index (χ0v) is 20.0. The fraction of sp³-hybridized carbons (Fsp3) is 0.593. The van der Waals surface area contributed by atoms with Crippen molar-refractivity contribution in [2.75, 3.05) is 6.54 Å². The van der Waals surface area contributed by atoms with Crippen LogP contribution < -0.4 is 10.1 Å². The van der Waals surface area contributed by atoms with Crippen LogP contribution >= 0.6 is 0 Å². The lowest BCUT2D eigenvalue weighted by molar-refractivity contribution is -0.185. The third-order valence-corrected chi connectivity index (χ3v) is 7.69. The lowest BCUT2D eigenvalue weighted by atomic mass is 9.82. The van der Waals surface area contributed by atoms with E-state index in [9.17, 15) is 26.7 Å². The molecule has 2 saturated carbocycles. The molecule has 2 aromatic rings. The molecule has 2 N–H and O–H groups in total. The molecule has 0 aromatic heterocycles. The average Bonchev–Trinajstić information content (AvgIpc) is 2.84. The molecule has 0 radical (unpaired) electrons. The number of aliphatic carboxylic acids is 1. The monoisotopic (exact) mass is 513 g/mol. The standard InChI is InChI=1S/C27H32F5NO3/c28-25(29)24-22-11-3-17(15-33-14-16-1-4-18(5-2-16)26(34)35)13-19(22)6-12-23(24)36-21-9-7-20(8-10-21)27(30,31)32/h3,6,11-13,16,18,20-21,25,33H,1-2,4-5,7-10,14-15H2,(H,34,35)/t16-,18-,20?,21?. The van der Waals surface area contributed by atoms with Crippen molar-refractivity contribution >= 4 is 16.7 Å². The number of fused-ring (bicyclic) bond motifs is 1. The van der Waals surface area contributed by atoms with Gasteiger partial charge in [0, 0.05) is 6.54 Å². The van der Waals surface area contributed by atoms with Crippen molar-refractivity contribution < 1.29 is 36.6 Å². The van der Waals surface area contributed by atoms with Gasteiger partial charge in [0.2, 0.25) is 0 Å². The molecule has 0 saturated heterocycles. The van der Waals surface area contributed by atoms with E-state index in [1.54, 1.807) is 18.2 Å². The normalized spacial score (nSPS) is 25.3. The third kappa shape index (κ3) is 6.47. The van der Waals surface area contributed by atoms with E-state index < -0.39 is 30.6 Å². The topological polar surface area (TPSA) is 58.6 Å². The maximum atomic E-state index is 14.0. The first-order valence-corrected chi connectivity index (χ1v) is 12.6. The lowest BCUT2D eigenvalue weighted by Gasteiger charge is -2.30. The van der Waals surface area contributed by atoms with Gasteiger partial charge in [-0.15, -0.1) is 0 Å². The van der Waals surface area contributed by atoms with E-state index >= 15 is 0 Å². The van der Waals surface area contributed by atoms with Crippen molar-refractivity contribution in [1.29, 1.82) is 0 Å². The van der Waals surface area contributed by atoms with Crippen LogP contribution in [0.5, 0.6) is 5.75 Å². The maximum absolute atomic E-state index is 14.0. The Hall–Kier alpha value is -2.42. The van der Waals surface area contributed by atoms with E-state index in [2.05, 4.69) is 5.32 Å². The zero-order chi connectivity index (χ0) is 25.9. The second-order valence-corrected chi connectivity index (χ2v) is 10.2. The zero-order valence-electron chi connectivity index (χ0n) is 20.0. The molecular formula is C27H32F5NO3. The Morgan fingerprint density at radius 1 is 1.00 bits per heavy atom. The molecule has 2 aliphatic rings. The molecule has 4 rings (SSSR count). The number of hydrogen-bond donors (Lipinski definition) is 2. The van der Waals surface area contributed by atoms with Crippen LogP contribution in [0.4, 0.5) is 22.0 Å². The van der Waals surface area contributed by atoms with Crippen molar-refractivity contribution in [2.24, 2.45) is 17.8 Å². The summed E-state index contributed by atoms with van der Waals surface area (Å²) >= 11 is 0. The minimum atomic E-state index is -4.23.